The van der Waals surface area contributed by atoms with E-state index in [0.717, 1.165) is 22.1 Å². The SMILES string of the molecule is c1cncc(P(c2cccc3c2nc2c4ccccc4c4ccccc4n32)n2c3ccccc3c3ccccc32)c1. The average Bonchev–Trinajstić information content (AvgIpc) is 3.60. The van der Waals surface area contributed by atoms with Gasteiger partial charge in [0, 0.05) is 44.5 Å². The molecule has 0 saturated carbocycles. The lowest BCUT2D eigenvalue weighted by Crippen LogP contribution is -2.18. The van der Waals surface area contributed by atoms with Crippen LogP contribution in [0.3, 0.4) is 0 Å². The third kappa shape index (κ3) is 3.20. The molecule has 0 aliphatic heterocycles. The number of rotatable bonds is 3. The Kier molecular flexibility index (Phi) is 4.84. The fourth-order valence-corrected chi connectivity index (χ4v) is 8.95. The van der Waals surface area contributed by atoms with E-state index in [2.05, 4.69) is 135 Å². The molecule has 4 heterocycles. The van der Waals surface area contributed by atoms with Crippen molar-refractivity contribution < 1.29 is 0 Å². The van der Waals surface area contributed by atoms with Gasteiger partial charge in [0.1, 0.15) is 5.65 Å². The molecule has 0 N–H and O–H groups in total. The number of imidazole rings is 1. The Morgan fingerprint density at radius 2 is 1.07 bits per heavy atom. The van der Waals surface area contributed by atoms with Crippen LogP contribution in [0.1, 0.15) is 0 Å². The highest BCUT2D eigenvalue weighted by Crippen LogP contribution is 2.46. The summed E-state index contributed by atoms with van der Waals surface area (Å²) in [5, 5.41) is 8.55. The van der Waals surface area contributed by atoms with Gasteiger partial charge in [-0.25, -0.2) is 4.98 Å². The minimum absolute atomic E-state index is 0.991. The van der Waals surface area contributed by atoms with Gasteiger partial charge in [-0.3, -0.25) is 9.38 Å². The fourth-order valence-electron chi connectivity index (χ4n) is 6.45. The highest BCUT2D eigenvalue weighted by molar-refractivity contribution is 7.72. The van der Waals surface area contributed by atoms with Crippen molar-refractivity contribution in [1.82, 2.24) is 18.7 Å². The molecule has 4 nitrogen and oxygen atoms in total. The first-order valence-electron chi connectivity index (χ1n) is 13.8. The van der Waals surface area contributed by atoms with Gasteiger partial charge in [0.05, 0.1) is 35.7 Å². The van der Waals surface area contributed by atoms with Gasteiger partial charge >= 0.3 is 0 Å². The topological polar surface area (TPSA) is 35.1 Å². The molecule has 41 heavy (non-hydrogen) atoms. The molecule has 0 saturated heterocycles. The van der Waals surface area contributed by atoms with Gasteiger partial charge in [-0.1, -0.05) is 91.0 Å². The molecular weight excluding hydrogens is 519 g/mol. The van der Waals surface area contributed by atoms with Gasteiger partial charge < -0.3 is 4.34 Å². The zero-order valence-electron chi connectivity index (χ0n) is 22.0. The minimum Gasteiger partial charge on any atom is -0.310 e. The zero-order valence-corrected chi connectivity index (χ0v) is 22.9. The molecular formula is C36H23N4P. The third-order valence-electron chi connectivity index (χ3n) is 8.14. The normalized spacial score (nSPS) is 12.8. The number of pyridine rings is 2. The predicted molar refractivity (Wildman–Crippen MR) is 173 cm³/mol. The molecule has 1 atom stereocenters. The van der Waals surface area contributed by atoms with E-state index in [-0.39, 0.29) is 0 Å². The van der Waals surface area contributed by atoms with E-state index in [9.17, 15) is 0 Å². The number of para-hydroxylation sites is 4. The highest BCUT2D eigenvalue weighted by Gasteiger charge is 2.26. The summed E-state index contributed by atoms with van der Waals surface area (Å²) in [7, 11) is -1.05. The molecule has 1 unspecified atom stereocenters. The van der Waals surface area contributed by atoms with E-state index >= 15 is 0 Å². The Labute approximate surface area is 236 Å². The second-order valence-electron chi connectivity index (χ2n) is 10.3. The van der Waals surface area contributed by atoms with E-state index in [4.69, 9.17) is 4.98 Å². The molecule has 0 amide bonds. The zero-order chi connectivity index (χ0) is 26.9. The second kappa shape index (κ2) is 8.72. The van der Waals surface area contributed by atoms with Crippen LogP contribution in [0.5, 0.6) is 0 Å². The smallest absolute Gasteiger partial charge is 0.146 e. The average molecular weight is 543 g/mol. The van der Waals surface area contributed by atoms with Crippen LogP contribution in [-0.4, -0.2) is 18.7 Å². The Hall–Kier alpha value is -5.05. The maximum atomic E-state index is 5.46. The van der Waals surface area contributed by atoms with Crippen LogP contribution >= 0.6 is 8.07 Å². The number of hydrogen-bond donors (Lipinski definition) is 0. The van der Waals surface area contributed by atoms with Crippen LogP contribution < -0.4 is 10.6 Å². The number of nitrogens with zero attached hydrogens (tertiary/aromatic N) is 4. The lowest BCUT2D eigenvalue weighted by Gasteiger charge is -2.22. The van der Waals surface area contributed by atoms with Gasteiger partial charge in [-0.15, -0.1) is 0 Å². The van der Waals surface area contributed by atoms with Gasteiger partial charge in [-0.05, 0) is 41.8 Å². The molecule has 9 rings (SSSR count). The molecule has 0 radical (unpaired) electrons. The van der Waals surface area contributed by atoms with E-state index in [1.54, 1.807) is 0 Å². The summed E-state index contributed by atoms with van der Waals surface area (Å²) in [5.74, 6) is 0. The Morgan fingerprint density at radius 3 is 1.76 bits per heavy atom. The van der Waals surface area contributed by atoms with Crippen molar-refractivity contribution in [2.75, 3.05) is 0 Å². The minimum atomic E-state index is -1.05. The highest BCUT2D eigenvalue weighted by atomic mass is 31.1. The second-order valence-corrected chi connectivity index (χ2v) is 12.4. The van der Waals surface area contributed by atoms with Gasteiger partial charge in [0.25, 0.3) is 0 Å². The van der Waals surface area contributed by atoms with Gasteiger partial charge in [-0.2, -0.15) is 0 Å². The molecule has 0 bridgehead atoms. The largest absolute Gasteiger partial charge is 0.310 e. The van der Waals surface area contributed by atoms with E-state index < -0.39 is 8.07 Å². The Morgan fingerprint density at radius 1 is 0.488 bits per heavy atom. The van der Waals surface area contributed by atoms with Crippen LogP contribution in [0.15, 0.2) is 140 Å². The molecule has 0 aliphatic rings. The molecule has 192 valence electrons. The fraction of sp³-hybridized carbons (Fsp3) is 0. The van der Waals surface area contributed by atoms with Crippen LogP contribution in [0.25, 0.3) is 60.2 Å². The van der Waals surface area contributed by atoms with Crippen LogP contribution in [0.4, 0.5) is 0 Å². The lowest BCUT2D eigenvalue weighted by atomic mass is 10.1. The van der Waals surface area contributed by atoms with Crippen molar-refractivity contribution in [3.63, 3.8) is 0 Å². The molecule has 0 spiro atoms. The van der Waals surface area contributed by atoms with Crippen molar-refractivity contribution in [3.8, 4) is 0 Å². The summed E-state index contributed by atoms with van der Waals surface area (Å²) in [4.78, 5) is 10.0. The molecule has 0 fully saturated rings. The number of aromatic nitrogens is 4. The molecule has 9 aromatic rings. The molecule has 4 aromatic heterocycles. The predicted octanol–water partition coefficient (Wildman–Crippen LogP) is 8.19. The van der Waals surface area contributed by atoms with Gasteiger partial charge in [0.2, 0.25) is 0 Å². The van der Waals surface area contributed by atoms with Crippen molar-refractivity contribution in [1.29, 1.82) is 0 Å². The van der Waals surface area contributed by atoms with Crippen LogP contribution in [0, 0.1) is 0 Å². The number of benzene rings is 5. The summed E-state index contributed by atoms with van der Waals surface area (Å²) in [6.07, 6.45) is 3.88. The first-order chi connectivity index (χ1) is 20.4. The van der Waals surface area contributed by atoms with E-state index in [1.165, 1.54) is 48.7 Å². The maximum Gasteiger partial charge on any atom is 0.146 e. The summed E-state index contributed by atoms with van der Waals surface area (Å²) < 4.78 is 4.88. The summed E-state index contributed by atoms with van der Waals surface area (Å²) in [6.45, 7) is 0. The monoisotopic (exact) mass is 542 g/mol. The number of fused-ring (bicyclic) bond motifs is 11. The summed E-state index contributed by atoms with van der Waals surface area (Å²) in [6, 6.07) is 45.7. The Balaban J connectivity index is 1.46. The van der Waals surface area contributed by atoms with Gasteiger partial charge in [0.15, 0.2) is 0 Å². The van der Waals surface area contributed by atoms with Crippen molar-refractivity contribution >= 4 is 78.8 Å². The van der Waals surface area contributed by atoms with E-state index in [0.29, 0.717) is 0 Å². The van der Waals surface area contributed by atoms with Crippen molar-refractivity contribution in [2.45, 2.75) is 0 Å². The third-order valence-corrected chi connectivity index (χ3v) is 10.5. The molecule has 5 heteroatoms. The molecule has 5 aromatic carbocycles. The summed E-state index contributed by atoms with van der Waals surface area (Å²) in [5.41, 5.74) is 6.76. The van der Waals surface area contributed by atoms with Crippen molar-refractivity contribution in [3.05, 3.63) is 140 Å². The lowest BCUT2D eigenvalue weighted by molar-refractivity contribution is 1.31. The standard InChI is InChI=1S/C36H23N4P/c1-2-16-29-25(12-1)26-13-3-6-17-30(26)39-33-20-9-21-34(35(33)38-36(29)39)41(24-11-10-22-37-23-24)40-31-18-7-4-14-27(31)28-15-5-8-19-32(28)40/h1-23H. The first-order valence-corrected chi connectivity index (χ1v) is 15.1. The van der Waals surface area contributed by atoms with Crippen molar-refractivity contribution in [2.24, 2.45) is 0 Å². The summed E-state index contributed by atoms with van der Waals surface area (Å²) >= 11 is 0. The van der Waals surface area contributed by atoms with E-state index in [1.807, 2.05) is 18.5 Å². The Bertz CT molecular complexity index is 2390. The maximum absolute atomic E-state index is 5.46. The molecule has 0 aliphatic carbocycles. The number of hydrogen-bond acceptors (Lipinski definition) is 2. The van der Waals surface area contributed by atoms with Crippen LogP contribution in [-0.2, 0) is 0 Å². The quantitative estimate of drug-likeness (QED) is 0.167. The van der Waals surface area contributed by atoms with Crippen LogP contribution in [0.2, 0.25) is 0 Å². The first kappa shape index (κ1) is 22.7.